The molecule has 0 aliphatic heterocycles. The number of hydrogen-bond acceptors (Lipinski definition) is 3. The summed E-state index contributed by atoms with van der Waals surface area (Å²) >= 11 is 0. The fraction of sp³-hybridized carbons (Fsp3) is 0.588. The second-order valence-electron chi connectivity index (χ2n) is 5.43. The largest absolute Gasteiger partial charge is 0.395 e. The molecule has 0 spiro atoms. The number of hydrogen-bond donors (Lipinski definition) is 2. The molecule has 3 N–H and O–H groups in total. The molecule has 3 heteroatoms. The predicted molar refractivity (Wildman–Crippen MR) is 82.9 cm³/mol. The van der Waals surface area contributed by atoms with Gasteiger partial charge in [0.25, 0.3) is 0 Å². The maximum atomic E-state index is 12.0. The van der Waals surface area contributed by atoms with Gasteiger partial charge in [-0.05, 0) is 18.4 Å². The third-order valence-electron chi connectivity index (χ3n) is 3.52. The molecule has 0 bridgehead atoms. The number of nitrogens with two attached hydrogens (primary N) is 1. The smallest absolute Gasteiger partial charge is 0.162 e. The van der Waals surface area contributed by atoms with E-state index < -0.39 is 0 Å². The average molecular weight is 277 g/mol. The highest BCUT2D eigenvalue weighted by molar-refractivity contribution is 5.96. The Kier molecular flexibility index (Phi) is 8.16. The Bertz CT molecular complexity index is 386. The van der Waals surface area contributed by atoms with E-state index in [2.05, 4.69) is 6.92 Å². The van der Waals surface area contributed by atoms with Crippen LogP contribution in [0, 0.1) is 0 Å². The molecule has 1 atom stereocenters. The lowest BCUT2D eigenvalue weighted by Gasteiger charge is -2.08. The van der Waals surface area contributed by atoms with Gasteiger partial charge in [0.1, 0.15) is 0 Å². The van der Waals surface area contributed by atoms with Crippen molar-refractivity contribution in [2.45, 2.75) is 57.9 Å². The van der Waals surface area contributed by atoms with Gasteiger partial charge in [-0.3, -0.25) is 4.79 Å². The molecule has 20 heavy (non-hydrogen) atoms. The van der Waals surface area contributed by atoms with Crippen molar-refractivity contribution in [2.75, 3.05) is 6.61 Å². The number of unbranched alkanes of at least 4 members (excludes halogenated alkanes) is 4. The zero-order valence-corrected chi connectivity index (χ0v) is 12.5. The van der Waals surface area contributed by atoms with Crippen molar-refractivity contribution in [3.05, 3.63) is 35.4 Å². The van der Waals surface area contributed by atoms with Gasteiger partial charge in [-0.2, -0.15) is 0 Å². The van der Waals surface area contributed by atoms with Gasteiger partial charge in [-0.25, -0.2) is 0 Å². The molecule has 1 rings (SSSR count). The van der Waals surface area contributed by atoms with Crippen molar-refractivity contribution in [3.63, 3.8) is 0 Å². The maximum Gasteiger partial charge on any atom is 0.162 e. The normalized spacial score (nSPS) is 12.3. The summed E-state index contributed by atoms with van der Waals surface area (Å²) < 4.78 is 0. The van der Waals surface area contributed by atoms with E-state index in [0.29, 0.717) is 12.8 Å². The molecule has 112 valence electrons. The summed E-state index contributed by atoms with van der Waals surface area (Å²) in [6.45, 7) is 2.17. The first-order valence-corrected chi connectivity index (χ1v) is 7.66. The van der Waals surface area contributed by atoms with Crippen LogP contribution in [0.5, 0.6) is 0 Å². The van der Waals surface area contributed by atoms with E-state index in [0.717, 1.165) is 24.0 Å². The summed E-state index contributed by atoms with van der Waals surface area (Å²) in [6.07, 6.45) is 7.11. The van der Waals surface area contributed by atoms with Crippen LogP contribution in [0.1, 0.15) is 61.4 Å². The average Bonchev–Trinajstić information content (AvgIpc) is 2.47. The van der Waals surface area contributed by atoms with Crippen LogP contribution in [-0.2, 0) is 6.42 Å². The molecular formula is C17H27NO2. The van der Waals surface area contributed by atoms with Crippen LogP contribution in [0.25, 0.3) is 0 Å². The van der Waals surface area contributed by atoms with Crippen molar-refractivity contribution < 1.29 is 9.90 Å². The first kappa shape index (κ1) is 16.9. The molecule has 3 nitrogen and oxygen atoms in total. The van der Waals surface area contributed by atoms with E-state index in [1.165, 1.54) is 19.3 Å². The number of Topliss-reactive ketones (excluding diaryl/α,β-unsaturated/α-hetero) is 1. The van der Waals surface area contributed by atoms with Gasteiger partial charge >= 0.3 is 0 Å². The molecule has 0 aromatic heterocycles. The van der Waals surface area contributed by atoms with Gasteiger partial charge in [0.15, 0.2) is 5.78 Å². The lowest BCUT2D eigenvalue weighted by molar-refractivity contribution is 0.0979. The van der Waals surface area contributed by atoms with Crippen LogP contribution in [0.15, 0.2) is 24.3 Å². The molecule has 1 unspecified atom stereocenters. The van der Waals surface area contributed by atoms with Crippen LogP contribution in [0.2, 0.25) is 0 Å². The Labute approximate surface area is 122 Å². The molecule has 0 fully saturated rings. The van der Waals surface area contributed by atoms with Crippen LogP contribution in [0.3, 0.4) is 0 Å². The van der Waals surface area contributed by atoms with Crippen molar-refractivity contribution in [1.29, 1.82) is 0 Å². The van der Waals surface area contributed by atoms with Crippen LogP contribution in [-0.4, -0.2) is 23.5 Å². The van der Waals surface area contributed by atoms with Gasteiger partial charge in [0.05, 0.1) is 6.61 Å². The Balaban J connectivity index is 2.37. The third kappa shape index (κ3) is 6.31. The summed E-state index contributed by atoms with van der Waals surface area (Å²) in [5.41, 5.74) is 7.53. The zero-order valence-electron chi connectivity index (χ0n) is 12.5. The van der Waals surface area contributed by atoms with Gasteiger partial charge in [0, 0.05) is 18.0 Å². The Morgan fingerprint density at radius 3 is 2.40 bits per heavy atom. The molecule has 0 radical (unpaired) electrons. The zero-order chi connectivity index (χ0) is 14.8. The van der Waals surface area contributed by atoms with Gasteiger partial charge < -0.3 is 10.8 Å². The molecule has 0 saturated heterocycles. The predicted octanol–water partition coefficient (Wildman–Crippen LogP) is 3.09. The molecule has 0 amide bonds. The SMILES string of the molecule is CCCCCCCC(=O)c1ccc(CC(N)CO)cc1. The number of rotatable bonds is 10. The minimum Gasteiger partial charge on any atom is -0.395 e. The molecule has 0 saturated carbocycles. The number of benzene rings is 1. The number of aliphatic hydroxyl groups excluding tert-OH is 1. The molecule has 1 aromatic carbocycles. The second-order valence-corrected chi connectivity index (χ2v) is 5.43. The van der Waals surface area contributed by atoms with E-state index in [4.69, 9.17) is 10.8 Å². The molecule has 1 aromatic rings. The Morgan fingerprint density at radius 2 is 1.80 bits per heavy atom. The summed E-state index contributed by atoms with van der Waals surface area (Å²) in [6, 6.07) is 7.37. The lowest BCUT2D eigenvalue weighted by atomic mass is 10.0. The highest BCUT2D eigenvalue weighted by Gasteiger charge is 2.07. The number of aliphatic hydroxyl groups is 1. The highest BCUT2D eigenvalue weighted by Crippen LogP contribution is 2.12. The summed E-state index contributed by atoms with van der Waals surface area (Å²) in [4.78, 5) is 12.0. The summed E-state index contributed by atoms with van der Waals surface area (Å²) in [7, 11) is 0. The first-order valence-electron chi connectivity index (χ1n) is 7.66. The second kappa shape index (κ2) is 9.67. The van der Waals surface area contributed by atoms with Crippen LogP contribution in [0.4, 0.5) is 0 Å². The van der Waals surface area contributed by atoms with Crippen LogP contribution < -0.4 is 5.73 Å². The summed E-state index contributed by atoms with van der Waals surface area (Å²) in [5, 5.41) is 8.92. The standard InChI is InChI=1S/C17H27NO2/c1-2-3-4-5-6-7-17(20)15-10-8-14(9-11-15)12-16(18)13-19/h8-11,16,19H,2-7,12-13,18H2,1H3. The lowest BCUT2D eigenvalue weighted by Crippen LogP contribution is -2.26. The van der Waals surface area contributed by atoms with Crippen LogP contribution >= 0.6 is 0 Å². The van der Waals surface area contributed by atoms with E-state index in [-0.39, 0.29) is 18.4 Å². The molecule has 0 heterocycles. The first-order chi connectivity index (χ1) is 9.67. The van der Waals surface area contributed by atoms with E-state index in [1.807, 2.05) is 24.3 Å². The van der Waals surface area contributed by atoms with Crippen molar-refractivity contribution in [2.24, 2.45) is 5.73 Å². The number of carbonyl (C=O) groups excluding carboxylic acids is 1. The quantitative estimate of drug-likeness (QED) is 0.510. The van der Waals surface area contributed by atoms with E-state index in [9.17, 15) is 4.79 Å². The Hall–Kier alpha value is -1.19. The highest BCUT2D eigenvalue weighted by atomic mass is 16.3. The van der Waals surface area contributed by atoms with Crippen molar-refractivity contribution >= 4 is 5.78 Å². The molecule has 0 aliphatic carbocycles. The number of ketones is 1. The van der Waals surface area contributed by atoms with Gasteiger partial charge in [0.2, 0.25) is 0 Å². The van der Waals surface area contributed by atoms with Crippen molar-refractivity contribution in [1.82, 2.24) is 0 Å². The fourth-order valence-corrected chi connectivity index (χ4v) is 2.23. The van der Waals surface area contributed by atoms with E-state index in [1.54, 1.807) is 0 Å². The molecular weight excluding hydrogens is 250 g/mol. The third-order valence-corrected chi connectivity index (χ3v) is 3.52. The van der Waals surface area contributed by atoms with Gasteiger partial charge in [-0.1, -0.05) is 56.9 Å². The van der Waals surface area contributed by atoms with Crippen molar-refractivity contribution in [3.8, 4) is 0 Å². The monoisotopic (exact) mass is 277 g/mol. The number of carbonyl (C=O) groups is 1. The van der Waals surface area contributed by atoms with Gasteiger partial charge in [-0.15, -0.1) is 0 Å². The minimum absolute atomic E-state index is 0.0154. The van der Waals surface area contributed by atoms with E-state index >= 15 is 0 Å². The topological polar surface area (TPSA) is 63.3 Å². The Morgan fingerprint density at radius 1 is 1.15 bits per heavy atom. The maximum absolute atomic E-state index is 12.0. The fourth-order valence-electron chi connectivity index (χ4n) is 2.23. The molecule has 0 aliphatic rings. The summed E-state index contributed by atoms with van der Waals surface area (Å²) in [5.74, 6) is 0.222. The minimum atomic E-state index is -0.227.